The fourth-order valence-corrected chi connectivity index (χ4v) is 2.49. The van der Waals surface area contributed by atoms with E-state index in [0.29, 0.717) is 6.42 Å². The Balaban J connectivity index is 2.12. The molecular weight excluding hydrogens is 220 g/mol. The topological polar surface area (TPSA) is 37.3 Å². The maximum Gasteiger partial charge on any atom is 0.303 e. The van der Waals surface area contributed by atoms with Crippen molar-refractivity contribution < 1.29 is 9.90 Å². The summed E-state index contributed by atoms with van der Waals surface area (Å²) in [6.07, 6.45) is 3.19. The summed E-state index contributed by atoms with van der Waals surface area (Å²) in [7, 11) is 0. The van der Waals surface area contributed by atoms with Crippen molar-refractivity contribution in [3.05, 3.63) is 29.8 Å². The molecule has 0 aliphatic heterocycles. The van der Waals surface area contributed by atoms with E-state index in [2.05, 4.69) is 25.1 Å². The van der Waals surface area contributed by atoms with Gasteiger partial charge in [-0.05, 0) is 37.1 Å². The van der Waals surface area contributed by atoms with Crippen LogP contribution in [0.4, 0.5) is 0 Å². The summed E-state index contributed by atoms with van der Waals surface area (Å²) < 4.78 is 0. The Morgan fingerprint density at radius 2 is 2.00 bits per heavy atom. The summed E-state index contributed by atoms with van der Waals surface area (Å²) in [4.78, 5) is 11.6. The number of rotatable bonds is 7. The molecule has 0 bridgehead atoms. The van der Waals surface area contributed by atoms with E-state index in [1.165, 1.54) is 10.5 Å². The number of hydrogen-bond acceptors (Lipinski definition) is 2. The molecule has 1 N–H and O–H groups in total. The van der Waals surface area contributed by atoms with E-state index in [1.54, 1.807) is 0 Å². The van der Waals surface area contributed by atoms with Crippen LogP contribution in [0.1, 0.15) is 31.2 Å². The van der Waals surface area contributed by atoms with Crippen molar-refractivity contribution >= 4 is 17.7 Å². The molecule has 0 fully saturated rings. The smallest absolute Gasteiger partial charge is 0.303 e. The molecule has 0 spiro atoms. The molecule has 1 aromatic rings. The number of benzene rings is 1. The van der Waals surface area contributed by atoms with E-state index in [0.717, 1.165) is 25.0 Å². The second kappa shape index (κ2) is 7.34. The number of carboxylic acids is 1. The van der Waals surface area contributed by atoms with Gasteiger partial charge < -0.3 is 5.11 Å². The van der Waals surface area contributed by atoms with Gasteiger partial charge in [-0.3, -0.25) is 4.79 Å². The van der Waals surface area contributed by atoms with Gasteiger partial charge >= 0.3 is 5.97 Å². The van der Waals surface area contributed by atoms with E-state index in [4.69, 9.17) is 5.11 Å². The lowest BCUT2D eigenvalue weighted by molar-refractivity contribution is -0.137. The molecule has 1 rings (SSSR count). The van der Waals surface area contributed by atoms with Gasteiger partial charge in [-0.1, -0.05) is 24.6 Å². The second-order valence-corrected chi connectivity index (χ2v) is 4.96. The molecule has 0 heterocycles. The van der Waals surface area contributed by atoms with Crippen molar-refractivity contribution in [1.29, 1.82) is 0 Å². The van der Waals surface area contributed by atoms with Crippen LogP contribution in [0.25, 0.3) is 0 Å². The predicted molar refractivity (Wildman–Crippen MR) is 68.0 cm³/mol. The van der Waals surface area contributed by atoms with Crippen molar-refractivity contribution in [3.63, 3.8) is 0 Å². The van der Waals surface area contributed by atoms with E-state index >= 15 is 0 Å². The van der Waals surface area contributed by atoms with Crippen molar-refractivity contribution in [2.24, 2.45) is 0 Å². The summed E-state index contributed by atoms with van der Waals surface area (Å²) in [5, 5.41) is 8.48. The highest BCUT2D eigenvalue weighted by Crippen LogP contribution is 2.23. The first-order chi connectivity index (χ1) is 7.70. The third-order valence-corrected chi connectivity index (χ3v) is 3.65. The summed E-state index contributed by atoms with van der Waals surface area (Å²) in [5.74, 6) is 0.386. The normalized spacial score (nSPS) is 10.3. The standard InChI is InChI=1S/C13H18O2S/c1-11-7-4-5-8-12(11)16-10-6-2-3-9-13(14)15/h4-5,7-8H,2-3,6,9-10H2,1H3,(H,14,15). The SMILES string of the molecule is Cc1ccccc1SCCCCCC(=O)O. The average Bonchev–Trinajstić information content (AvgIpc) is 2.25. The lowest BCUT2D eigenvalue weighted by atomic mass is 10.2. The van der Waals surface area contributed by atoms with Crippen LogP contribution < -0.4 is 0 Å². The maximum atomic E-state index is 10.3. The predicted octanol–water partition coefficient (Wildman–Crippen LogP) is 3.73. The molecule has 0 unspecified atom stereocenters. The van der Waals surface area contributed by atoms with Gasteiger partial charge in [-0.25, -0.2) is 0 Å². The Hall–Kier alpha value is -0.960. The van der Waals surface area contributed by atoms with Crippen LogP contribution in [-0.2, 0) is 4.79 Å². The zero-order valence-electron chi connectivity index (χ0n) is 9.61. The number of carbonyl (C=O) groups is 1. The highest BCUT2D eigenvalue weighted by atomic mass is 32.2. The van der Waals surface area contributed by atoms with Crippen LogP contribution >= 0.6 is 11.8 Å². The third kappa shape index (κ3) is 5.21. The molecule has 0 saturated carbocycles. The van der Waals surface area contributed by atoms with E-state index in [1.807, 2.05) is 17.8 Å². The van der Waals surface area contributed by atoms with Crippen LogP contribution in [0.15, 0.2) is 29.2 Å². The number of unbranched alkanes of at least 4 members (excludes halogenated alkanes) is 2. The minimum absolute atomic E-state index is 0.301. The molecule has 1 aromatic carbocycles. The number of aliphatic carboxylic acids is 1. The first kappa shape index (κ1) is 13.1. The summed E-state index contributed by atoms with van der Waals surface area (Å²) in [5.41, 5.74) is 1.32. The number of hydrogen-bond donors (Lipinski definition) is 1. The highest BCUT2D eigenvalue weighted by molar-refractivity contribution is 7.99. The van der Waals surface area contributed by atoms with Gasteiger partial charge in [0.1, 0.15) is 0 Å². The second-order valence-electron chi connectivity index (χ2n) is 3.82. The molecule has 0 radical (unpaired) electrons. The molecular formula is C13H18O2S. The molecule has 3 heteroatoms. The maximum absolute atomic E-state index is 10.3. The molecule has 0 aromatic heterocycles. The largest absolute Gasteiger partial charge is 0.481 e. The van der Waals surface area contributed by atoms with Gasteiger partial charge in [0.2, 0.25) is 0 Å². The number of thioether (sulfide) groups is 1. The Labute approximate surface area is 101 Å². The lowest BCUT2D eigenvalue weighted by Crippen LogP contribution is -1.93. The average molecular weight is 238 g/mol. The quantitative estimate of drug-likeness (QED) is 0.581. The highest BCUT2D eigenvalue weighted by Gasteiger charge is 1.99. The van der Waals surface area contributed by atoms with E-state index in [-0.39, 0.29) is 0 Å². The Morgan fingerprint density at radius 1 is 1.25 bits per heavy atom. The van der Waals surface area contributed by atoms with Crippen LogP contribution in [0.5, 0.6) is 0 Å². The molecule has 0 aliphatic carbocycles. The van der Waals surface area contributed by atoms with Gasteiger partial charge in [0, 0.05) is 11.3 Å². The molecule has 0 amide bonds. The summed E-state index contributed by atoms with van der Waals surface area (Å²) in [6.45, 7) is 2.12. The van der Waals surface area contributed by atoms with Crippen molar-refractivity contribution in [2.75, 3.05) is 5.75 Å². The third-order valence-electron chi connectivity index (χ3n) is 2.39. The van der Waals surface area contributed by atoms with Crippen LogP contribution in [0.3, 0.4) is 0 Å². The van der Waals surface area contributed by atoms with Crippen molar-refractivity contribution in [3.8, 4) is 0 Å². The summed E-state index contributed by atoms with van der Waals surface area (Å²) in [6, 6.07) is 8.36. The van der Waals surface area contributed by atoms with E-state index < -0.39 is 5.97 Å². The Kier molecular flexibility index (Phi) is 6.01. The first-order valence-electron chi connectivity index (χ1n) is 5.60. The van der Waals surface area contributed by atoms with Gasteiger partial charge in [-0.2, -0.15) is 0 Å². The van der Waals surface area contributed by atoms with Crippen LogP contribution in [0.2, 0.25) is 0 Å². The molecule has 0 saturated heterocycles. The number of aryl methyl sites for hydroxylation is 1. The van der Waals surface area contributed by atoms with Crippen molar-refractivity contribution in [2.45, 2.75) is 37.5 Å². The minimum Gasteiger partial charge on any atom is -0.481 e. The van der Waals surface area contributed by atoms with Gasteiger partial charge in [-0.15, -0.1) is 11.8 Å². The first-order valence-corrected chi connectivity index (χ1v) is 6.59. The van der Waals surface area contributed by atoms with E-state index in [9.17, 15) is 4.79 Å². The minimum atomic E-state index is -0.688. The van der Waals surface area contributed by atoms with Crippen molar-refractivity contribution in [1.82, 2.24) is 0 Å². The van der Waals surface area contributed by atoms with Gasteiger partial charge in [0.05, 0.1) is 0 Å². The van der Waals surface area contributed by atoms with Crippen LogP contribution in [-0.4, -0.2) is 16.8 Å². The fraction of sp³-hybridized carbons (Fsp3) is 0.462. The fourth-order valence-electron chi connectivity index (χ4n) is 1.46. The Bertz CT molecular complexity index is 336. The molecule has 0 atom stereocenters. The van der Waals surface area contributed by atoms with Crippen LogP contribution in [0, 0.1) is 6.92 Å². The molecule has 16 heavy (non-hydrogen) atoms. The summed E-state index contributed by atoms with van der Waals surface area (Å²) >= 11 is 1.86. The Morgan fingerprint density at radius 3 is 2.69 bits per heavy atom. The monoisotopic (exact) mass is 238 g/mol. The van der Waals surface area contributed by atoms with Gasteiger partial charge in [0.25, 0.3) is 0 Å². The molecule has 2 nitrogen and oxygen atoms in total. The molecule has 0 aliphatic rings. The molecule has 88 valence electrons. The zero-order chi connectivity index (χ0) is 11.8. The van der Waals surface area contributed by atoms with Gasteiger partial charge in [0.15, 0.2) is 0 Å². The zero-order valence-corrected chi connectivity index (χ0v) is 10.4. The number of carboxylic acid groups (broad SMARTS) is 1. The lowest BCUT2D eigenvalue weighted by Gasteiger charge is -2.04.